The van der Waals surface area contributed by atoms with E-state index in [-0.39, 0.29) is 12.3 Å². The SMILES string of the molecule is O=[N+]([O-])c1ccc(-c2ccc(OCC(O)CN3CCCCCC3)cc2)cc1. The highest BCUT2D eigenvalue weighted by molar-refractivity contribution is 5.65. The second kappa shape index (κ2) is 9.48. The smallest absolute Gasteiger partial charge is 0.269 e. The maximum Gasteiger partial charge on any atom is 0.269 e. The van der Waals surface area contributed by atoms with Gasteiger partial charge in [-0.15, -0.1) is 0 Å². The lowest BCUT2D eigenvalue weighted by Gasteiger charge is -2.23. The summed E-state index contributed by atoms with van der Waals surface area (Å²) in [6.07, 6.45) is 4.47. The van der Waals surface area contributed by atoms with Crippen molar-refractivity contribution in [3.05, 3.63) is 58.6 Å². The zero-order chi connectivity index (χ0) is 19.1. The van der Waals surface area contributed by atoms with Gasteiger partial charge in [-0.25, -0.2) is 0 Å². The standard InChI is InChI=1S/C21H26N2O4/c24-20(15-22-13-3-1-2-4-14-22)16-27-21-11-7-18(8-12-21)17-5-9-19(10-6-17)23(25)26/h5-12,20,24H,1-4,13-16H2. The lowest BCUT2D eigenvalue weighted by Crippen LogP contribution is -2.36. The molecule has 1 N–H and O–H groups in total. The van der Waals surface area contributed by atoms with Gasteiger partial charge in [0.25, 0.3) is 5.69 Å². The number of β-amino-alcohol motifs (C(OH)–C–C–N with tert-alkyl or cyclic N) is 1. The highest BCUT2D eigenvalue weighted by atomic mass is 16.6. The van der Waals surface area contributed by atoms with Crippen LogP contribution >= 0.6 is 0 Å². The molecule has 0 aliphatic carbocycles. The number of likely N-dealkylation sites (tertiary alicyclic amines) is 1. The van der Waals surface area contributed by atoms with Crippen molar-refractivity contribution in [2.45, 2.75) is 31.8 Å². The van der Waals surface area contributed by atoms with E-state index in [1.807, 2.05) is 24.3 Å². The Morgan fingerprint density at radius 3 is 2.07 bits per heavy atom. The van der Waals surface area contributed by atoms with E-state index in [0.717, 1.165) is 24.2 Å². The fraction of sp³-hybridized carbons (Fsp3) is 0.429. The molecule has 1 fully saturated rings. The first-order valence-corrected chi connectivity index (χ1v) is 9.50. The predicted octanol–water partition coefficient (Wildman–Crippen LogP) is 3.88. The summed E-state index contributed by atoms with van der Waals surface area (Å²) in [5.41, 5.74) is 1.95. The lowest BCUT2D eigenvalue weighted by molar-refractivity contribution is -0.384. The number of benzene rings is 2. The summed E-state index contributed by atoms with van der Waals surface area (Å²) in [5.74, 6) is 0.704. The first kappa shape index (κ1) is 19.3. The number of aliphatic hydroxyl groups is 1. The van der Waals surface area contributed by atoms with Crippen molar-refractivity contribution in [1.82, 2.24) is 4.90 Å². The van der Waals surface area contributed by atoms with Gasteiger partial charge in [0, 0.05) is 18.7 Å². The van der Waals surface area contributed by atoms with Gasteiger partial charge < -0.3 is 14.7 Å². The van der Waals surface area contributed by atoms with Gasteiger partial charge in [0.1, 0.15) is 18.5 Å². The number of nitro groups is 1. The van der Waals surface area contributed by atoms with Crippen LogP contribution in [0.4, 0.5) is 5.69 Å². The highest BCUT2D eigenvalue weighted by Gasteiger charge is 2.14. The van der Waals surface area contributed by atoms with Crippen LogP contribution in [0.25, 0.3) is 11.1 Å². The summed E-state index contributed by atoms with van der Waals surface area (Å²) in [5, 5.41) is 21.0. The van der Waals surface area contributed by atoms with Crippen LogP contribution in [0, 0.1) is 10.1 Å². The second-order valence-corrected chi connectivity index (χ2v) is 7.01. The molecule has 1 saturated heterocycles. The first-order chi connectivity index (χ1) is 13.1. The summed E-state index contributed by atoms with van der Waals surface area (Å²) < 4.78 is 5.72. The van der Waals surface area contributed by atoms with Gasteiger partial charge in [0.05, 0.1) is 4.92 Å². The molecule has 3 rings (SSSR count). The molecule has 1 heterocycles. The van der Waals surface area contributed by atoms with E-state index >= 15 is 0 Å². The zero-order valence-corrected chi connectivity index (χ0v) is 15.4. The Labute approximate surface area is 159 Å². The third kappa shape index (κ3) is 5.77. The van der Waals surface area contributed by atoms with E-state index in [1.165, 1.54) is 37.8 Å². The first-order valence-electron chi connectivity index (χ1n) is 9.50. The maximum atomic E-state index is 10.7. The van der Waals surface area contributed by atoms with Gasteiger partial charge >= 0.3 is 0 Å². The van der Waals surface area contributed by atoms with Crippen LogP contribution in [-0.4, -0.2) is 47.3 Å². The molecule has 0 radical (unpaired) electrons. The summed E-state index contributed by atoms with van der Waals surface area (Å²) in [6, 6.07) is 14.0. The topological polar surface area (TPSA) is 75.8 Å². The molecule has 0 aromatic heterocycles. The Morgan fingerprint density at radius 1 is 0.963 bits per heavy atom. The summed E-state index contributed by atoms with van der Waals surface area (Å²) in [7, 11) is 0. The van der Waals surface area contributed by atoms with Crippen molar-refractivity contribution in [3.63, 3.8) is 0 Å². The number of nitrogens with zero attached hydrogens (tertiary/aromatic N) is 2. The van der Waals surface area contributed by atoms with E-state index in [2.05, 4.69) is 4.90 Å². The highest BCUT2D eigenvalue weighted by Crippen LogP contribution is 2.24. The van der Waals surface area contributed by atoms with Gasteiger partial charge in [-0.05, 0) is 61.3 Å². The van der Waals surface area contributed by atoms with Crippen molar-refractivity contribution in [1.29, 1.82) is 0 Å². The van der Waals surface area contributed by atoms with E-state index in [0.29, 0.717) is 12.3 Å². The molecular formula is C21H26N2O4. The van der Waals surface area contributed by atoms with Crippen molar-refractivity contribution in [2.75, 3.05) is 26.2 Å². The summed E-state index contributed by atoms with van der Waals surface area (Å²) in [4.78, 5) is 12.6. The number of nitro benzene ring substituents is 1. The molecule has 1 unspecified atom stereocenters. The second-order valence-electron chi connectivity index (χ2n) is 7.01. The van der Waals surface area contributed by atoms with Crippen LogP contribution in [0.5, 0.6) is 5.75 Å². The van der Waals surface area contributed by atoms with Gasteiger partial charge in [-0.3, -0.25) is 10.1 Å². The molecule has 1 aliphatic rings. The Hall–Kier alpha value is -2.44. The van der Waals surface area contributed by atoms with Gasteiger partial charge in [0.15, 0.2) is 0 Å². The third-order valence-electron chi connectivity index (χ3n) is 4.88. The van der Waals surface area contributed by atoms with Crippen LogP contribution < -0.4 is 4.74 Å². The molecule has 0 saturated carbocycles. The van der Waals surface area contributed by atoms with E-state index in [4.69, 9.17) is 4.74 Å². The Bertz CT molecular complexity index is 723. The Kier molecular flexibility index (Phi) is 6.79. The molecule has 0 amide bonds. The van der Waals surface area contributed by atoms with E-state index in [1.54, 1.807) is 12.1 Å². The summed E-state index contributed by atoms with van der Waals surface area (Å²) >= 11 is 0. The molecule has 1 aliphatic heterocycles. The number of hydrogen-bond donors (Lipinski definition) is 1. The van der Waals surface area contributed by atoms with E-state index in [9.17, 15) is 15.2 Å². The average Bonchev–Trinajstić information content (AvgIpc) is 2.95. The monoisotopic (exact) mass is 370 g/mol. The fourth-order valence-corrected chi connectivity index (χ4v) is 3.38. The minimum Gasteiger partial charge on any atom is -0.491 e. The molecule has 0 spiro atoms. The minimum atomic E-state index is -0.502. The Morgan fingerprint density at radius 2 is 1.52 bits per heavy atom. The van der Waals surface area contributed by atoms with Gasteiger partial charge in [-0.2, -0.15) is 0 Å². The molecule has 1 atom stereocenters. The van der Waals surface area contributed by atoms with Gasteiger partial charge in [0.2, 0.25) is 0 Å². The van der Waals surface area contributed by atoms with Crippen LogP contribution in [0.3, 0.4) is 0 Å². The molecule has 2 aromatic carbocycles. The molecule has 144 valence electrons. The van der Waals surface area contributed by atoms with Crippen LogP contribution in [-0.2, 0) is 0 Å². The number of non-ortho nitro benzene ring substituents is 1. The maximum absolute atomic E-state index is 10.7. The lowest BCUT2D eigenvalue weighted by atomic mass is 10.1. The predicted molar refractivity (Wildman–Crippen MR) is 105 cm³/mol. The molecule has 27 heavy (non-hydrogen) atoms. The Balaban J connectivity index is 1.50. The van der Waals surface area contributed by atoms with E-state index < -0.39 is 11.0 Å². The fourth-order valence-electron chi connectivity index (χ4n) is 3.38. The normalized spacial score (nSPS) is 16.5. The minimum absolute atomic E-state index is 0.0806. The largest absolute Gasteiger partial charge is 0.491 e. The van der Waals surface area contributed by atoms with Crippen LogP contribution in [0.15, 0.2) is 48.5 Å². The molecular weight excluding hydrogens is 344 g/mol. The van der Waals surface area contributed by atoms with Crippen molar-refractivity contribution >= 4 is 5.69 Å². The van der Waals surface area contributed by atoms with Crippen molar-refractivity contribution in [3.8, 4) is 16.9 Å². The molecule has 6 nitrogen and oxygen atoms in total. The number of rotatable bonds is 7. The summed E-state index contributed by atoms with van der Waals surface area (Å²) in [6.45, 7) is 3.04. The van der Waals surface area contributed by atoms with Crippen LogP contribution in [0.2, 0.25) is 0 Å². The number of hydrogen-bond acceptors (Lipinski definition) is 5. The van der Waals surface area contributed by atoms with Crippen LogP contribution in [0.1, 0.15) is 25.7 Å². The molecule has 0 bridgehead atoms. The number of ether oxygens (including phenoxy) is 1. The number of aliphatic hydroxyl groups excluding tert-OH is 1. The van der Waals surface area contributed by atoms with Crippen molar-refractivity contribution in [2.24, 2.45) is 0 Å². The molecule has 6 heteroatoms. The third-order valence-corrected chi connectivity index (χ3v) is 4.88. The van der Waals surface area contributed by atoms with Gasteiger partial charge in [-0.1, -0.05) is 25.0 Å². The van der Waals surface area contributed by atoms with Crippen molar-refractivity contribution < 1.29 is 14.8 Å². The quantitative estimate of drug-likeness (QED) is 0.591. The average molecular weight is 370 g/mol. The molecule has 2 aromatic rings. The zero-order valence-electron chi connectivity index (χ0n) is 15.4.